The molecule has 6 nitrogen and oxygen atoms in total. The summed E-state index contributed by atoms with van der Waals surface area (Å²) in [5.41, 5.74) is 3.36. The van der Waals surface area contributed by atoms with Crippen LogP contribution in [0.15, 0.2) is 30.4 Å². The van der Waals surface area contributed by atoms with Crippen LogP contribution in [0.5, 0.6) is 5.75 Å². The Kier molecular flexibility index (Phi) is 11.8. The highest BCUT2D eigenvalue weighted by Gasteiger charge is 2.56. The molecule has 0 aromatic heterocycles. The number of rotatable bonds is 13. The van der Waals surface area contributed by atoms with E-state index in [9.17, 15) is 9.59 Å². The number of allylic oxidation sites excluding steroid dienone is 3. The first-order chi connectivity index (χ1) is 20.7. The summed E-state index contributed by atoms with van der Waals surface area (Å²) >= 11 is 0. The molecule has 0 fully saturated rings. The standard InChI is InChI=1S/C37H60O6Si2/c1-24(2)45(25(3)4,26(5)6)42-19-18-28-29(20-27(7)21-33(28)41-23-40-12)30-22-32(38)31-16-15-17-34(37(31,11)35(30)39)43-44(13,14)36(8,9)10/h15,17,20-22,24-26,31,34H,16,18-19,23H2,1-14H3/t31-,34-,37+/m1/s1. The zero-order chi connectivity index (χ0) is 34.1. The number of fused-ring (bicyclic) bond motifs is 1. The lowest BCUT2D eigenvalue weighted by molar-refractivity contribution is -0.140. The number of carbonyl (C=O) groups excluding carboxylic acids is 2. The monoisotopic (exact) mass is 656 g/mol. The molecule has 2 aliphatic carbocycles. The Morgan fingerprint density at radius 1 is 1.00 bits per heavy atom. The molecular weight excluding hydrogens is 597 g/mol. The van der Waals surface area contributed by atoms with E-state index < -0.39 is 34.1 Å². The highest BCUT2D eigenvalue weighted by molar-refractivity contribution is 6.77. The molecular formula is C37H60O6Si2. The van der Waals surface area contributed by atoms with Crippen LogP contribution in [0.2, 0.25) is 34.8 Å². The van der Waals surface area contributed by atoms with Crippen LogP contribution in [-0.2, 0) is 29.6 Å². The molecule has 0 spiro atoms. The third kappa shape index (κ3) is 7.20. The van der Waals surface area contributed by atoms with Crippen LogP contribution in [0, 0.1) is 18.3 Å². The number of hydrogen-bond acceptors (Lipinski definition) is 6. The molecule has 0 unspecified atom stereocenters. The Bertz CT molecular complexity index is 1280. The molecule has 45 heavy (non-hydrogen) atoms. The highest BCUT2D eigenvalue weighted by Crippen LogP contribution is 2.51. The van der Waals surface area contributed by atoms with Gasteiger partial charge in [-0.3, -0.25) is 9.59 Å². The van der Waals surface area contributed by atoms with Crippen LogP contribution in [0.4, 0.5) is 0 Å². The Hall–Kier alpha value is -1.85. The van der Waals surface area contributed by atoms with Crippen molar-refractivity contribution in [2.45, 2.75) is 130 Å². The van der Waals surface area contributed by atoms with E-state index in [2.05, 4.69) is 75.4 Å². The summed E-state index contributed by atoms with van der Waals surface area (Å²) in [4.78, 5) is 28.8. The molecule has 0 aliphatic heterocycles. The molecule has 0 N–H and O–H groups in total. The van der Waals surface area contributed by atoms with Crippen molar-refractivity contribution in [3.05, 3.63) is 47.1 Å². The number of carbonyl (C=O) groups is 2. The van der Waals surface area contributed by atoms with Crippen LogP contribution in [0.3, 0.4) is 0 Å². The van der Waals surface area contributed by atoms with Gasteiger partial charge in [-0.05, 0) is 84.7 Å². The normalized spacial score (nSPS) is 22.8. The average molecular weight is 657 g/mol. The predicted octanol–water partition coefficient (Wildman–Crippen LogP) is 9.22. The van der Waals surface area contributed by atoms with Gasteiger partial charge in [0.25, 0.3) is 0 Å². The van der Waals surface area contributed by atoms with Gasteiger partial charge in [0.05, 0.1) is 11.5 Å². The van der Waals surface area contributed by atoms with Gasteiger partial charge in [-0.25, -0.2) is 0 Å². The first-order valence-corrected chi connectivity index (χ1v) is 21.8. The fourth-order valence-electron chi connectivity index (χ4n) is 7.50. The maximum Gasteiger partial charge on any atom is 0.200 e. The van der Waals surface area contributed by atoms with Gasteiger partial charge >= 0.3 is 0 Å². The molecule has 3 rings (SSSR count). The van der Waals surface area contributed by atoms with Crippen LogP contribution in [-0.4, -0.2) is 54.8 Å². The van der Waals surface area contributed by atoms with Gasteiger partial charge in [0.15, 0.2) is 35.0 Å². The topological polar surface area (TPSA) is 71.1 Å². The van der Waals surface area contributed by atoms with Crippen molar-refractivity contribution in [1.82, 2.24) is 0 Å². The van der Waals surface area contributed by atoms with E-state index in [0.29, 0.717) is 47.4 Å². The molecule has 1 aromatic carbocycles. The maximum atomic E-state index is 14.9. The van der Waals surface area contributed by atoms with E-state index in [1.807, 2.05) is 38.1 Å². The molecule has 0 saturated carbocycles. The van der Waals surface area contributed by atoms with Gasteiger partial charge in [-0.15, -0.1) is 0 Å². The van der Waals surface area contributed by atoms with Gasteiger partial charge < -0.3 is 18.3 Å². The van der Waals surface area contributed by atoms with Crippen molar-refractivity contribution in [2.75, 3.05) is 20.5 Å². The number of methoxy groups -OCH3 is 1. The Balaban J connectivity index is 2.13. The molecule has 0 saturated heterocycles. The number of aryl methyl sites for hydroxylation is 1. The molecule has 8 heteroatoms. The van der Waals surface area contributed by atoms with Crippen LogP contribution >= 0.6 is 0 Å². The van der Waals surface area contributed by atoms with Gasteiger partial charge in [0, 0.05) is 30.8 Å². The molecule has 0 radical (unpaired) electrons. The minimum absolute atomic E-state index is 0.0193. The van der Waals surface area contributed by atoms with E-state index >= 15 is 0 Å². The second-order valence-electron chi connectivity index (χ2n) is 15.8. The summed E-state index contributed by atoms with van der Waals surface area (Å²) in [5.74, 6) is 0.145. The predicted molar refractivity (Wildman–Crippen MR) is 190 cm³/mol. The summed E-state index contributed by atoms with van der Waals surface area (Å²) in [6.07, 6.45) is 6.24. The Morgan fingerprint density at radius 2 is 1.60 bits per heavy atom. The van der Waals surface area contributed by atoms with Crippen LogP contribution < -0.4 is 4.74 Å². The third-order valence-corrected chi connectivity index (χ3v) is 21.6. The van der Waals surface area contributed by atoms with Gasteiger partial charge in [0.2, 0.25) is 0 Å². The van der Waals surface area contributed by atoms with E-state index in [1.54, 1.807) is 13.2 Å². The van der Waals surface area contributed by atoms with Gasteiger partial charge in [-0.2, -0.15) is 0 Å². The lowest BCUT2D eigenvalue weighted by atomic mass is 9.59. The largest absolute Gasteiger partial charge is 0.467 e. The third-order valence-electron chi connectivity index (χ3n) is 11.0. The first-order valence-electron chi connectivity index (χ1n) is 16.8. The van der Waals surface area contributed by atoms with Crippen molar-refractivity contribution >= 4 is 33.8 Å². The van der Waals surface area contributed by atoms with Crippen LogP contribution in [0.1, 0.15) is 92.3 Å². The minimum Gasteiger partial charge on any atom is -0.467 e. The number of hydrogen-bond donors (Lipinski definition) is 0. The Labute approximate surface area is 275 Å². The van der Waals surface area contributed by atoms with E-state index in [1.165, 1.54) is 0 Å². The van der Waals surface area contributed by atoms with Gasteiger partial charge in [0.1, 0.15) is 5.75 Å². The Morgan fingerprint density at radius 3 is 2.13 bits per heavy atom. The molecule has 0 bridgehead atoms. The zero-order valence-corrected chi connectivity index (χ0v) is 32.6. The second-order valence-corrected chi connectivity index (χ2v) is 26.1. The quantitative estimate of drug-likeness (QED) is 0.120. The number of Topliss-reactive ketones (excluding diaryl/α,β-unsaturated/α-hetero) is 1. The van der Waals surface area contributed by atoms with Crippen molar-refractivity contribution < 1.29 is 27.9 Å². The van der Waals surface area contributed by atoms with Crippen molar-refractivity contribution in [1.29, 1.82) is 0 Å². The summed E-state index contributed by atoms with van der Waals surface area (Å²) < 4.78 is 25.3. The zero-order valence-electron chi connectivity index (χ0n) is 30.6. The number of ketones is 2. The van der Waals surface area contributed by atoms with Crippen molar-refractivity contribution in [3.8, 4) is 5.75 Å². The fourth-order valence-corrected chi connectivity index (χ4v) is 14.3. The summed E-state index contributed by atoms with van der Waals surface area (Å²) in [7, 11) is -2.78. The number of ether oxygens (including phenoxy) is 2. The maximum absolute atomic E-state index is 14.9. The average Bonchev–Trinajstić information content (AvgIpc) is 2.92. The fraction of sp³-hybridized carbons (Fsp3) is 0.676. The molecule has 2 aliphatic rings. The smallest absolute Gasteiger partial charge is 0.200 e. The first kappa shape index (κ1) is 37.6. The van der Waals surface area contributed by atoms with Crippen molar-refractivity contribution in [3.63, 3.8) is 0 Å². The van der Waals surface area contributed by atoms with E-state index in [4.69, 9.17) is 18.3 Å². The summed E-state index contributed by atoms with van der Waals surface area (Å²) in [6.45, 7) is 29.2. The highest BCUT2D eigenvalue weighted by atomic mass is 28.4. The van der Waals surface area contributed by atoms with E-state index in [-0.39, 0.29) is 23.4 Å². The SMILES string of the molecule is COCOc1cc(C)cc(C2=CC(=O)[C@H]3CC=C[C@@H](O[Si](C)(C)C(C)(C)C)[C@@]3(C)C2=O)c1CCO[Si](C(C)C)(C(C)C)C(C)C. The lowest BCUT2D eigenvalue weighted by Gasteiger charge is -2.49. The van der Waals surface area contributed by atoms with Crippen molar-refractivity contribution in [2.24, 2.45) is 11.3 Å². The van der Waals surface area contributed by atoms with Gasteiger partial charge in [-0.1, -0.05) is 80.5 Å². The lowest BCUT2D eigenvalue weighted by Crippen LogP contribution is -2.57. The van der Waals surface area contributed by atoms with Crippen LogP contribution in [0.25, 0.3) is 5.57 Å². The molecule has 1 aromatic rings. The molecule has 252 valence electrons. The number of benzene rings is 1. The molecule has 3 atom stereocenters. The second kappa shape index (κ2) is 14.1. The minimum atomic E-state index is -2.26. The molecule has 0 heterocycles. The summed E-state index contributed by atoms with van der Waals surface area (Å²) in [5, 5.41) is -0.0394. The summed E-state index contributed by atoms with van der Waals surface area (Å²) in [6, 6.07) is 4.01. The molecule has 0 amide bonds. The van der Waals surface area contributed by atoms with E-state index in [0.717, 1.165) is 16.7 Å².